The number of aryl methyl sites for hydroxylation is 1. The molecule has 2 saturated heterocycles. The average Bonchev–Trinajstić information content (AvgIpc) is 3.03. The second-order valence-corrected chi connectivity index (χ2v) is 7.81. The van der Waals surface area contributed by atoms with Crippen LogP contribution in [-0.4, -0.2) is 60.5 Å². The standard InChI is InChI=1S/C20H27FN2O3/c1-13-5-6-15(11-16(13)21)18(24)23-10-9-20(14(2)12-23)8-7-17(26-20)19(25)22(3)4/h5-6,11,14,17H,7-10,12H2,1-4H3. The predicted octanol–water partition coefficient (Wildman–Crippen LogP) is 2.62. The maximum Gasteiger partial charge on any atom is 0.253 e. The molecule has 0 saturated carbocycles. The van der Waals surface area contributed by atoms with Gasteiger partial charge in [0.1, 0.15) is 11.9 Å². The van der Waals surface area contributed by atoms with Crippen molar-refractivity contribution in [2.45, 2.75) is 44.8 Å². The molecule has 1 aromatic rings. The van der Waals surface area contributed by atoms with Gasteiger partial charge in [0.25, 0.3) is 11.8 Å². The topological polar surface area (TPSA) is 49.9 Å². The molecule has 0 aromatic heterocycles. The van der Waals surface area contributed by atoms with Crippen molar-refractivity contribution in [3.63, 3.8) is 0 Å². The largest absolute Gasteiger partial charge is 0.362 e. The molecule has 3 rings (SSSR count). The van der Waals surface area contributed by atoms with E-state index < -0.39 is 0 Å². The molecule has 2 aliphatic rings. The Balaban J connectivity index is 1.68. The first kappa shape index (κ1) is 18.8. The van der Waals surface area contributed by atoms with E-state index in [0.717, 1.165) is 12.8 Å². The SMILES string of the molecule is Cc1ccc(C(=O)N2CCC3(CCC(C(=O)N(C)C)O3)C(C)C2)cc1F. The van der Waals surface area contributed by atoms with Crippen molar-refractivity contribution in [1.82, 2.24) is 9.80 Å². The van der Waals surface area contributed by atoms with Crippen molar-refractivity contribution >= 4 is 11.8 Å². The van der Waals surface area contributed by atoms with E-state index >= 15 is 0 Å². The summed E-state index contributed by atoms with van der Waals surface area (Å²) in [5, 5.41) is 0. The monoisotopic (exact) mass is 362 g/mol. The van der Waals surface area contributed by atoms with Gasteiger partial charge in [-0.3, -0.25) is 9.59 Å². The minimum absolute atomic E-state index is 0.00251. The number of likely N-dealkylation sites (tertiary alicyclic amines) is 1. The lowest BCUT2D eigenvalue weighted by Crippen LogP contribution is -2.53. The summed E-state index contributed by atoms with van der Waals surface area (Å²) in [5.41, 5.74) is 0.568. The van der Waals surface area contributed by atoms with Crippen molar-refractivity contribution in [2.24, 2.45) is 5.92 Å². The van der Waals surface area contributed by atoms with Crippen LogP contribution in [0.1, 0.15) is 42.1 Å². The number of ether oxygens (including phenoxy) is 1. The third kappa shape index (κ3) is 3.34. The van der Waals surface area contributed by atoms with Gasteiger partial charge in [0.2, 0.25) is 0 Å². The van der Waals surface area contributed by atoms with Crippen LogP contribution in [0, 0.1) is 18.7 Å². The van der Waals surface area contributed by atoms with Crippen LogP contribution in [0.15, 0.2) is 18.2 Å². The molecule has 2 amide bonds. The smallest absolute Gasteiger partial charge is 0.253 e. The van der Waals surface area contributed by atoms with Gasteiger partial charge in [0.15, 0.2) is 0 Å². The van der Waals surface area contributed by atoms with Crippen LogP contribution in [0.25, 0.3) is 0 Å². The number of hydrogen-bond acceptors (Lipinski definition) is 3. The Labute approximate surface area is 154 Å². The highest BCUT2D eigenvalue weighted by atomic mass is 19.1. The van der Waals surface area contributed by atoms with Crippen LogP contribution in [0.3, 0.4) is 0 Å². The van der Waals surface area contributed by atoms with Gasteiger partial charge in [-0.1, -0.05) is 13.0 Å². The molecule has 5 nitrogen and oxygen atoms in total. The zero-order chi connectivity index (χ0) is 19.1. The Morgan fingerprint density at radius 2 is 2.04 bits per heavy atom. The second kappa shape index (κ2) is 6.99. The Hall–Kier alpha value is -1.95. The molecule has 0 aliphatic carbocycles. The van der Waals surface area contributed by atoms with Crippen LogP contribution >= 0.6 is 0 Å². The highest BCUT2D eigenvalue weighted by Gasteiger charge is 2.49. The van der Waals surface area contributed by atoms with Crippen LogP contribution in [0.5, 0.6) is 0 Å². The lowest BCUT2D eigenvalue weighted by atomic mass is 9.80. The number of amides is 2. The molecule has 0 N–H and O–H groups in total. The van der Waals surface area contributed by atoms with Crippen LogP contribution in [-0.2, 0) is 9.53 Å². The fourth-order valence-electron chi connectivity index (χ4n) is 4.04. The number of hydrogen-bond donors (Lipinski definition) is 0. The summed E-state index contributed by atoms with van der Waals surface area (Å²) in [6.45, 7) is 4.86. The van der Waals surface area contributed by atoms with Crippen molar-refractivity contribution in [2.75, 3.05) is 27.2 Å². The van der Waals surface area contributed by atoms with Gasteiger partial charge in [0.05, 0.1) is 5.60 Å². The third-order valence-corrected chi connectivity index (χ3v) is 5.83. The molecule has 0 bridgehead atoms. The summed E-state index contributed by atoms with van der Waals surface area (Å²) < 4.78 is 20.0. The normalized spacial score (nSPS) is 28.4. The highest BCUT2D eigenvalue weighted by molar-refractivity contribution is 5.94. The molecular weight excluding hydrogens is 335 g/mol. The zero-order valence-electron chi connectivity index (χ0n) is 15.9. The third-order valence-electron chi connectivity index (χ3n) is 5.83. The summed E-state index contributed by atoms with van der Waals surface area (Å²) >= 11 is 0. The number of halogens is 1. The Kier molecular flexibility index (Phi) is 5.06. The van der Waals surface area contributed by atoms with E-state index in [1.54, 1.807) is 43.0 Å². The average molecular weight is 362 g/mol. The van der Waals surface area contributed by atoms with E-state index in [0.29, 0.717) is 30.6 Å². The second-order valence-electron chi connectivity index (χ2n) is 7.81. The fraction of sp³-hybridized carbons (Fsp3) is 0.600. The molecular formula is C20H27FN2O3. The molecule has 2 heterocycles. The maximum atomic E-state index is 13.8. The van der Waals surface area contributed by atoms with E-state index in [9.17, 15) is 14.0 Å². The van der Waals surface area contributed by atoms with Crippen molar-refractivity contribution in [3.05, 3.63) is 35.1 Å². The first-order valence-electron chi connectivity index (χ1n) is 9.18. The van der Waals surface area contributed by atoms with Gasteiger partial charge in [-0.2, -0.15) is 0 Å². The van der Waals surface area contributed by atoms with E-state index in [1.165, 1.54) is 6.07 Å². The number of carbonyl (C=O) groups excluding carboxylic acids is 2. The minimum atomic E-state index is -0.388. The number of likely N-dealkylation sites (N-methyl/N-ethyl adjacent to an activating group) is 1. The van der Waals surface area contributed by atoms with E-state index in [4.69, 9.17) is 4.74 Å². The minimum Gasteiger partial charge on any atom is -0.362 e. The van der Waals surface area contributed by atoms with Gasteiger partial charge < -0.3 is 14.5 Å². The van der Waals surface area contributed by atoms with Crippen LogP contribution < -0.4 is 0 Å². The maximum absolute atomic E-state index is 13.8. The molecule has 0 radical (unpaired) electrons. The lowest BCUT2D eigenvalue weighted by molar-refractivity contribution is -0.153. The lowest BCUT2D eigenvalue weighted by Gasteiger charge is -2.44. The fourth-order valence-corrected chi connectivity index (χ4v) is 4.04. The van der Waals surface area contributed by atoms with Gasteiger partial charge in [0, 0.05) is 38.7 Å². The number of carbonyl (C=O) groups is 2. The summed E-state index contributed by atoms with van der Waals surface area (Å²) in [6.07, 6.45) is 1.87. The van der Waals surface area contributed by atoms with Crippen molar-refractivity contribution in [3.8, 4) is 0 Å². The molecule has 6 heteroatoms. The molecule has 26 heavy (non-hydrogen) atoms. The van der Waals surface area contributed by atoms with Gasteiger partial charge >= 0.3 is 0 Å². The Bertz CT molecular complexity index is 721. The Morgan fingerprint density at radius 1 is 1.31 bits per heavy atom. The highest BCUT2D eigenvalue weighted by Crippen LogP contribution is 2.42. The van der Waals surface area contributed by atoms with Crippen LogP contribution in [0.2, 0.25) is 0 Å². The summed E-state index contributed by atoms with van der Waals surface area (Å²) in [5.74, 6) is -0.385. The summed E-state index contributed by atoms with van der Waals surface area (Å²) in [7, 11) is 3.48. The number of benzene rings is 1. The van der Waals surface area contributed by atoms with Crippen molar-refractivity contribution in [1.29, 1.82) is 0 Å². The van der Waals surface area contributed by atoms with Gasteiger partial charge in [-0.15, -0.1) is 0 Å². The van der Waals surface area contributed by atoms with E-state index in [-0.39, 0.29) is 35.3 Å². The number of piperidine rings is 1. The molecule has 2 fully saturated rings. The first-order chi connectivity index (χ1) is 12.2. The first-order valence-corrected chi connectivity index (χ1v) is 9.18. The molecule has 3 atom stereocenters. The molecule has 142 valence electrons. The molecule has 1 aromatic carbocycles. The summed E-state index contributed by atoms with van der Waals surface area (Å²) in [6, 6.07) is 4.62. The number of nitrogens with zero attached hydrogens (tertiary/aromatic N) is 2. The van der Waals surface area contributed by atoms with Gasteiger partial charge in [-0.25, -0.2) is 4.39 Å². The van der Waals surface area contributed by atoms with E-state index in [1.807, 2.05) is 0 Å². The zero-order valence-corrected chi connectivity index (χ0v) is 15.9. The summed E-state index contributed by atoms with van der Waals surface area (Å²) in [4.78, 5) is 28.3. The Morgan fingerprint density at radius 3 is 2.65 bits per heavy atom. The molecule has 2 aliphatic heterocycles. The van der Waals surface area contributed by atoms with E-state index in [2.05, 4.69) is 6.92 Å². The molecule has 1 spiro atoms. The van der Waals surface area contributed by atoms with Crippen molar-refractivity contribution < 1.29 is 18.7 Å². The van der Waals surface area contributed by atoms with Gasteiger partial charge in [-0.05, 0) is 43.9 Å². The predicted molar refractivity (Wildman–Crippen MR) is 96.4 cm³/mol. The number of rotatable bonds is 2. The quantitative estimate of drug-likeness (QED) is 0.813. The van der Waals surface area contributed by atoms with Crippen LogP contribution in [0.4, 0.5) is 4.39 Å². The molecule has 3 unspecified atom stereocenters.